The quantitative estimate of drug-likeness (QED) is 0.560. The molecule has 0 radical (unpaired) electrons. The highest BCUT2D eigenvalue weighted by atomic mass is 19.4. The molecule has 170 valence electrons. The summed E-state index contributed by atoms with van der Waals surface area (Å²) in [4.78, 5) is 20.3. The van der Waals surface area contributed by atoms with Crippen molar-refractivity contribution in [1.29, 1.82) is 0 Å². The van der Waals surface area contributed by atoms with Crippen LogP contribution in [0.15, 0.2) is 36.7 Å². The average molecular weight is 452 g/mol. The normalized spacial score (nSPS) is 17.5. The van der Waals surface area contributed by atoms with Gasteiger partial charge >= 0.3 is 6.18 Å². The number of rotatable bonds is 6. The molecular weight excluding hydrogens is 432 g/mol. The van der Waals surface area contributed by atoms with Gasteiger partial charge in [-0.15, -0.1) is 0 Å². The van der Waals surface area contributed by atoms with E-state index in [1.165, 1.54) is 28.9 Å². The molecule has 32 heavy (non-hydrogen) atoms. The van der Waals surface area contributed by atoms with Gasteiger partial charge in [0.2, 0.25) is 0 Å². The van der Waals surface area contributed by atoms with E-state index in [0.29, 0.717) is 25.3 Å². The van der Waals surface area contributed by atoms with Crippen LogP contribution in [0.4, 0.5) is 23.2 Å². The Morgan fingerprint density at radius 2 is 2.16 bits per heavy atom. The highest BCUT2D eigenvalue weighted by Crippen LogP contribution is 2.34. The summed E-state index contributed by atoms with van der Waals surface area (Å²) in [6.07, 6.45) is -2.40. The first-order chi connectivity index (χ1) is 15.3. The molecule has 1 unspecified atom stereocenters. The van der Waals surface area contributed by atoms with E-state index in [1.807, 2.05) is 0 Å². The lowest BCUT2D eigenvalue weighted by Crippen LogP contribution is -2.17. The number of nitrogens with one attached hydrogen (secondary N) is 1. The van der Waals surface area contributed by atoms with E-state index >= 15 is 0 Å². The van der Waals surface area contributed by atoms with Gasteiger partial charge in [-0.05, 0) is 25.5 Å². The van der Waals surface area contributed by atoms with Crippen LogP contribution in [0.3, 0.4) is 0 Å². The van der Waals surface area contributed by atoms with Crippen LogP contribution in [0.2, 0.25) is 0 Å². The van der Waals surface area contributed by atoms with Crippen LogP contribution in [-0.4, -0.2) is 40.1 Å². The van der Waals surface area contributed by atoms with E-state index < -0.39 is 29.6 Å². The number of hydrogen-bond donors (Lipinski definition) is 1. The third-order valence-electron chi connectivity index (χ3n) is 5.05. The Morgan fingerprint density at radius 3 is 2.84 bits per heavy atom. The summed E-state index contributed by atoms with van der Waals surface area (Å²) in [5.41, 5.74) is -0.758. The highest BCUT2D eigenvalue weighted by molar-refractivity contribution is 6.03. The fourth-order valence-corrected chi connectivity index (χ4v) is 3.47. The minimum Gasteiger partial charge on any atom is -0.491 e. The Labute approximate surface area is 180 Å². The second-order valence-electron chi connectivity index (χ2n) is 7.30. The molecule has 11 heteroatoms. The van der Waals surface area contributed by atoms with E-state index in [2.05, 4.69) is 15.3 Å². The standard InChI is InChI=1S/C21H20F4N4O3/c1-2-32-16-8-18-27-15(19(22)12-6-7-31-11-12)10-29(18)9-14(16)28-20(30)13-4-3-5-17(26-13)21(23,24)25/h3-5,8-10,12,19H,2,6-7,11H2,1H3,(H,28,30)/t12-,19?/m1/s1. The number of carbonyl (C=O) groups excluding carboxylic acids is 1. The first kappa shape index (κ1) is 22.0. The minimum atomic E-state index is -4.67. The highest BCUT2D eigenvalue weighted by Gasteiger charge is 2.33. The molecule has 1 saturated heterocycles. The SMILES string of the molecule is CCOc1cc2nc(C(F)[C@@H]3CCOC3)cn2cc1NC(=O)c1cccc(C(F)(F)F)n1. The van der Waals surface area contributed by atoms with Crippen molar-refractivity contribution < 1.29 is 31.8 Å². The molecule has 1 amide bonds. The van der Waals surface area contributed by atoms with Gasteiger partial charge in [-0.25, -0.2) is 14.4 Å². The van der Waals surface area contributed by atoms with Gasteiger partial charge in [0.05, 0.1) is 18.9 Å². The molecule has 1 N–H and O–H groups in total. The number of halogens is 4. The number of amides is 1. The lowest BCUT2D eigenvalue weighted by atomic mass is 10.0. The van der Waals surface area contributed by atoms with Crippen LogP contribution in [0, 0.1) is 5.92 Å². The van der Waals surface area contributed by atoms with Gasteiger partial charge in [-0.1, -0.05) is 6.07 Å². The second kappa shape index (κ2) is 8.73. The van der Waals surface area contributed by atoms with Gasteiger partial charge < -0.3 is 19.2 Å². The Balaban J connectivity index is 1.63. The summed E-state index contributed by atoms with van der Waals surface area (Å²) in [6.45, 7) is 2.83. The van der Waals surface area contributed by atoms with Crippen molar-refractivity contribution >= 4 is 17.2 Å². The summed E-state index contributed by atoms with van der Waals surface area (Å²) in [7, 11) is 0. The zero-order valence-electron chi connectivity index (χ0n) is 17.0. The van der Waals surface area contributed by atoms with Crippen molar-refractivity contribution in [2.24, 2.45) is 5.92 Å². The summed E-state index contributed by atoms with van der Waals surface area (Å²) < 4.78 is 65.9. The molecule has 4 heterocycles. The molecule has 0 bridgehead atoms. The second-order valence-corrected chi connectivity index (χ2v) is 7.30. The van der Waals surface area contributed by atoms with Crippen molar-refractivity contribution in [1.82, 2.24) is 14.4 Å². The Morgan fingerprint density at radius 1 is 1.34 bits per heavy atom. The van der Waals surface area contributed by atoms with Crippen LogP contribution in [-0.2, 0) is 10.9 Å². The number of fused-ring (bicyclic) bond motifs is 1. The summed E-state index contributed by atoms with van der Waals surface area (Å²) in [6, 6.07) is 4.59. The number of anilines is 1. The predicted octanol–water partition coefficient (Wildman–Crippen LogP) is 4.45. The fourth-order valence-electron chi connectivity index (χ4n) is 3.47. The van der Waals surface area contributed by atoms with Crippen LogP contribution >= 0.6 is 0 Å². The van der Waals surface area contributed by atoms with Gasteiger partial charge in [-0.3, -0.25) is 4.79 Å². The molecule has 0 aliphatic carbocycles. The Bertz CT molecular complexity index is 1130. The monoisotopic (exact) mass is 452 g/mol. The zero-order valence-corrected chi connectivity index (χ0v) is 17.0. The molecule has 0 saturated carbocycles. The first-order valence-electron chi connectivity index (χ1n) is 9.99. The van der Waals surface area contributed by atoms with Gasteiger partial charge in [0.15, 0.2) is 0 Å². The topological polar surface area (TPSA) is 77.8 Å². The number of hydrogen-bond acceptors (Lipinski definition) is 5. The molecule has 0 aromatic carbocycles. The largest absolute Gasteiger partial charge is 0.491 e. The predicted molar refractivity (Wildman–Crippen MR) is 106 cm³/mol. The number of ether oxygens (including phenoxy) is 2. The van der Waals surface area contributed by atoms with Crippen LogP contribution in [0.1, 0.15) is 41.4 Å². The number of alkyl halides is 4. The van der Waals surface area contributed by atoms with Gasteiger partial charge in [-0.2, -0.15) is 13.2 Å². The number of aromatic nitrogens is 3. The summed E-state index contributed by atoms with van der Waals surface area (Å²) >= 11 is 0. The molecule has 3 aromatic rings. The molecule has 3 aromatic heterocycles. The van der Waals surface area contributed by atoms with Crippen molar-refractivity contribution in [3.8, 4) is 5.75 Å². The molecule has 7 nitrogen and oxygen atoms in total. The Kier molecular flexibility index (Phi) is 6.00. The maximum atomic E-state index is 14.8. The number of carbonyl (C=O) groups is 1. The third kappa shape index (κ3) is 4.52. The fraction of sp³-hybridized carbons (Fsp3) is 0.381. The van der Waals surface area contributed by atoms with Crippen molar-refractivity contribution in [3.05, 3.63) is 53.7 Å². The Hall–Kier alpha value is -3.21. The molecule has 1 fully saturated rings. The first-order valence-corrected chi connectivity index (χ1v) is 9.99. The third-order valence-corrected chi connectivity index (χ3v) is 5.05. The van der Waals surface area contributed by atoms with Crippen LogP contribution in [0.25, 0.3) is 5.65 Å². The summed E-state index contributed by atoms with van der Waals surface area (Å²) in [5.74, 6) is -0.877. The molecule has 2 atom stereocenters. The maximum absolute atomic E-state index is 14.8. The minimum absolute atomic E-state index is 0.187. The van der Waals surface area contributed by atoms with Gasteiger partial charge in [0.1, 0.15) is 34.6 Å². The van der Waals surface area contributed by atoms with E-state index in [1.54, 1.807) is 6.92 Å². The van der Waals surface area contributed by atoms with E-state index in [0.717, 1.165) is 12.1 Å². The molecule has 0 spiro atoms. The van der Waals surface area contributed by atoms with Crippen molar-refractivity contribution in [2.45, 2.75) is 25.7 Å². The van der Waals surface area contributed by atoms with Crippen molar-refractivity contribution in [3.63, 3.8) is 0 Å². The number of imidazole rings is 1. The van der Waals surface area contributed by atoms with E-state index in [9.17, 15) is 22.4 Å². The average Bonchev–Trinajstić information content (AvgIpc) is 3.43. The number of nitrogens with zero attached hydrogens (tertiary/aromatic N) is 3. The van der Waals surface area contributed by atoms with Gasteiger partial charge in [0.25, 0.3) is 5.91 Å². The van der Waals surface area contributed by atoms with E-state index in [-0.39, 0.29) is 29.7 Å². The lowest BCUT2D eigenvalue weighted by molar-refractivity contribution is -0.141. The molecular formula is C21H20F4N4O3. The molecule has 1 aliphatic heterocycles. The maximum Gasteiger partial charge on any atom is 0.433 e. The van der Waals surface area contributed by atoms with Gasteiger partial charge in [0, 0.05) is 31.0 Å². The number of pyridine rings is 2. The zero-order chi connectivity index (χ0) is 22.9. The molecule has 1 aliphatic rings. The smallest absolute Gasteiger partial charge is 0.433 e. The lowest BCUT2D eigenvalue weighted by Gasteiger charge is -2.12. The van der Waals surface area contributed by atoms with Crippen LogP contribution in [0.5, 0.6) is 5.75 Å². The van der Waals surface area contributed by atoms with Crippen molar-refractivity contribution in [2.75, 3.05) is 25.1 Å². The summed E-state index contributed by atoms with van der Waals surface area (Å²) in [5, 5.41) is 2.52. The van der Waals surface area contributed by atoms with Crippen LogP contribution < -0.4 is 10.1 Å². The molecule has 4 rings (SSSR count). The van der Waals surface area contributed by atoms with E-state index in [4.69, 9.17) is 9.47 Å².